The molecule has 0 spiro atoms. The highest BCUT2D eigenvalue weighted by atomic mass is 16.3. The molecule has 2 rings (SSSR count). The van der Waals surface area contributed by atoms with Crippen molar-refractivity contribution in [2.24, 2.45) is 5.92 Å². The SMILES string of the molecule is CC[C@@H](C)N(CC(=O)N(CCc1ccccc1)Cc1ccc(C)o1)C(=O)C(C)C. The summed E-state index contributed by atoms with van der Waals surface area (Å²) in [6.07, 6.45) is 1.57. The molecule has 2 aromatic rings. The van der Waals surface area contributed by atoms with Crippen LogP contribution in [0.15, 0.2) is 46.9 Å². The van der Waals surface area contributed by atoms with Crippen LogP contribution in [-0.4, -0.2) is 40.7 Å². The van der Waals surface area contributed by atoms with Crippen molar-refractivity contribution in [2.75, 3.05) is 13.1 Å². The molecule has 0 unspecified atom stereocenters. The summed E-state index contributed by atoms with van der Waals surface area (Å²) in [5.41, 5.74) is 1.18. The van der Waals surface area contributed by atoms with Crippen molar-refractivity contribution in [1.29, 1.82) is 0 Å². The van der Waals surface area contributed by atoms with Crippen LogP contribution in [0.5, 0.6) is 0 Å². The predicted molar refractivity (Wildman–Crippen MR) is 115 cm³/mol. The molecule has 0 aliphatic heterocycles. The normalized spacial score (nSPS) is 12.1. The molecule has 2 amide bonds. The van der Waals surface area contributed by atoms with Gasteiger partial charge in [-0.2, -0.15) is 0 Å². The van der Waals surface area contributed by atoms with Crippen LogP contribution in [-0.2, 0) is 22.6 Å². The summed E-state index contributed by atoms with van der Waals surface area (Å²) >= 11 is 0. The fourth-order valence-corrected chi connectivity index (χ4v) is 3.21. The molecule has 0 N–H and O–H groups in total. The molecule has 0 bridgehead atoms. The standard InChI is InChI=1S/C24H34N2O3/c1-6-19(4)26(24(28)18(2)3)17-23(27)25(16-22-13-12-20(5)29-22)15-14-21-10-8-7-9-11-21/h7-13,18-19H,6,14-17H2,1-5H3/t19-/m1/s1. The highest BCUT2D eigenvalue weighted by molar-refractivity contribution is 5.86. The number of nitrogens with zero attached hydrogens (tertiary/aromatic N) is 2. The largest absolute Gasteiger partial charge is 0.464 e. The van der Waals surface area contributed by atoms with Gasteiger partial charge in [-0.25, -0.2) is 0 Å². The van der Waals surface area contributed by atoms with Crippen molar-refractivity contribution in [2.45, 2.75) is 60.0 Å². The number of rotatable bonds is 10. The summed E-state index contributed by atoms with van der Waals surface area (Å²) in [5.74, 6) is 1.41. The van der Waals surface area contributed by atoms with Gasteiger partial charge in [0, 0.05) is 18.5 Å². The van der Waals surface area contributed by atoms with Crippen molar-refractivity contribution in [1.82, 2.24) is 9.80 Å². The second-order valence-electron chi connectivity index (χ2n) is 7.94. The molecular weight excluding hydrogens is 364 g/mol. The van der Waals surface area contributed by atoms with Crippen LogP contribution in [0.4, 0.5) is 0 Å². The van der Waals surface area contributed by atoms with E-state index in [1.165, 1.54) is 5.56 Å². The van der Waals surface area contributed by atoms with E-state index in [4.69, 9.17) is 4.42 Å². The van der Waals surface area contributed by atoms with Crippen LogP contribution in [0.1, 0.15) is 51.2 Å². The van der Waals surface area contributed by atoms with Gasteiger partial charge in [-0.05, 0) is 44.4 Å². The minimum atomic E-state index is -0.137. The Morgan fingerprint density at radius 3 is 2.28 bits per heavy atom. The van der Waals surface area contributed by atoms with E-state index in [0.717, 1.165) is 24.4 Å². The van der Waals surface area contributed by atoms with Crippen LogP contribution >= 0.6 is 0 Å². The molecule has 0 saturated heterocycles. The molecule has 1 aromatic heterocycles. The van der Waals surface area contributed by atoms with Crippen LogP contribution < -0.4 is 0 Å². The summed E-state index contributed by atoms with van der Waals surface area (Å²) in [4.78, 5) is 29.4. The zero-order valence-corrected chi connectivity index (χ0v) is 18.4. The number of benzene rings is 1. The lowest BCUT2D eigenvalue weighted by molar-refractivity contribution is -0.144. The second kappa shape index (κ2) is 10.8. The van der Waals surface area contributed by atoms with Crippen molar-refractivity contribution in [3.63, 3.8) is 0 Å². The number of aryl methyl sites for hydroxylation is 1. The van der Waals surface area contributed by atoms with Crippen LogP contribution in [0, 0.1) is 12.8 Å². The molecule has 1 aromatic carbocycles. The number of carbonyl (C=O) groups is 2. The lowest BCUT2D eigenvalue weighted by Gasteiger charge is -2.32. The third-order valence-corrected chi connectivity index (χ3v) is 5.21. The van der Waals surface area contributed by atoms with Crippen LogP contribution in [0.2, 0.25) is 0 Å². The topological polar surface area (TPSA) is 53.8 Å². The number of furan rings is 1. The zero-order chi connectivity index (χ0) is 21.4. The Balaban J connectivity index is 2.15. The minimum Gasteiger partial charge on any atom is -0.464 e. The highest BCUT2D eigenvalue weighted by Gasteiger charge is 2.26. The molecule has 0 aliphatic carbocycles. The van der Waals surface area contributed by atoms with Gasteiger partial charge in [-0.1, -0.05) is 51.1 Å². The van der Waals surface area contributed by atoms with Gasteiger partial charge in [0.2, 0.25) is 11.8 Å². The van der Waals surface area contributed by atoms with E-state index in [0.29, 0.717) is 13.1 Å². The van der Waals surface area contributed by atoms with Gasteiger partial charge >= 0.3 is 0 Å². The number of carbonyl (C=O) groups excluding carboxylic acids is 2. The summed E-state index contributed by atoms with van der Waals surface area (Å²) in [6.45, 7) is 10.8. The zero-order valence-electron chi connectivity index (χ0n) is 18.4. The number of hydrogen-bond donors (Lipinski definition) is 0. The predicted octanol–water partition coefficient (Wildman–Crippen LogP) is 4.44. The molecule has 5 heteroatoms. The number of amides is 2. The smallest absolute Gasteiger partial charge is 0.242 e. The average Bonchev–Trinajstić information content (AvgIpc) is 3.13. The maximum Gasteiger partial charge on any atom is 0.242 e. The fraction of sp³-hybridized carbons (Fsp3) is 0.500. The average molecular weight is 399 g/mol. The molecule has 5 nitrogen and oxygen atoms in total. The molecule has 0 aliphatic rings. The molecule has 29 heavy (non-hydrogen) atoms. The second-order valence-corrected chi connectivity index (χ2v) is 7.94. The van der Waals surface area contributed by atoms with E-state index in [1.807, 2.05) is 65.0 Å². The third-order valence-electron chi connectivity index (χ3n) is 5.21. The Hall–Kier alpha value is -2.56. The van der Waals surface area contributed by atoms with Gasteiger partial charge in [0.05, 0.1) is 6.54 Å². The van der Waals surface area contributed by atoms with E-state index >= 15 is 0 Å². The first-order chi connectivity index (χ1) is 13.8. The van der Waals surface area contributed by atoms with Crippen molar-refractivity contribution >= 4 is 11.8 Å². The van der Waals surface area contributed by atoms with Crippen molar-refractivity contribution in [3.8, 4) is 0 Å². The molecule has 0 radical (unpaired) electrons. The molecular formula is C24H34N2O3. The van der Waals surface area contributed by atoms with E-state index in [9.17, 15) is 9.59 Å². The minimum absolute atomic E-state index is 0.0181. The maximum atomic E-state index is 13.2. The lowest BCUT2D eigenvalue weighted by Crippen LogP contribution is -2.48. The van der Waals surface area contributed by atoms with Crippen molar-refractivity contribution in [3.05, 3.63) is 59.5 Å². The first kappa shape index (κ1) is 22.7. The van der Waals surface area contributed by atoms with Crippen LogP contribution in [0.25, 0.3) is 0 Å². The first-order valence-corrected chi connectivity index (χ1v) is 10.5. The third kappa shape index (κ3) is 6.77. The summed E-state index contributed by atoms with van der Waals surface area (Å²) < 4.78 is 5.70. The summed E-state index contributed by atoms with van der Waals surface area (Å²) in [6, 6.07) is 14.0. The van der Waals surface area contributed by atoms with Crippen LogP contribution in [0.3, 0.4) is 0 Å². The Bertz CT molecular complexity index is 782. The maximum absolute atomic E-state index is 13.2. The molecule has 0 fully saturated rings. The van der Waals surface area contributed by atoms with E-state index in [2.05, 4.69) is 12.1 Å². The van der Waals surface area contributed by atoms with Gasteiger partial charge in [0.25, 0.3) is 0 Å². The Labute approximate surface area is 174 Å². The Morgan fingerprint density at radius 1 is 1.03 bits per heavy atom. The van der Waals surface area contributed by atoms with E-state index in [1.54, 1.807) is 9.80 Å². The molecule has 1 heterocycles. The van der Waals surface area contributed by atoms with Gasteiger partial charge in [0.1, 0.15) is 18.1 Å². The van der Waals surface area contributed by atoms with E-state index < -0.39 is 0 Å². The van der Waals surface area contributed by atoms with Gasteiger partial charge in [-0.15, -0.1) is 0 Å². The number of hydrogen-bond acceptors (Lipinski definition) is 3. The van der Waals surface area contributed by atoms with Gasteiger partial charge in [0.15, 0.2) is 0 Å². The van der Waals surface area contributed by atoms with Gasteiger partial charge in [-0.3, -0.25) is 9.59 Å². The fourth-order valence-electron chi connectivity index (χ4n) is 3.21. The lowest BCUT2D eigenvalue weighted by atomic mass is 10.1. The molecule has 1 atom stereocenters. The highest BCUT2D eigenvalue weighted by Crippen LogP contribution is 2.14. The van der Waals surface area contributed by atoms with Gasteiger partial charge < -0.3 is 14.2 Å². The molecule has 158 valence electrons. The first-order valence-electron chi connectivity index (χ1n) is 10.5. The summed E-state index contributed by atoms with van der Waals surface area (Å²) in [7, 11) is 0. The summed E-state index contributed by atoms with van der Waals surface area (Å²) in [5, 5.41) is 0. The Kier molecular flexibility index (Phi) is 8.50. The monoisotopic (exact) mass is 398 g/mol. The Morgan fingerprint density at radius 2 is 1.72 bits per heavy atom. The van der Waals surface area contributed by atoms with E-state index in [-0.39, 0.29) is 30.3 Å². The van der Waals surface area contributed by atoms with Crippen molar-refractivity contribution < 1.29 is 14.0 Å². The molecule has 0 saturated carbocycles. The quantitative estimate of drug-likeness (QED) is 0.594.